The van der Waals surface area contributed by atoms with E-state index in [-0.39, 0.29) is 17.9 Å². The summed E-state index contributed by atoms with van der Waals surface area (Å²) in [6, 6.07) is 17.7. The van der Waals surface area contributed by atoms with E-state index >= 15 is 0 Å². The maximum absolute atomic E-state index is 13.6. The fourth-order valence-corrected chi connectivity index (χ4v) is 5.70. The van der Waals surface area contributed by atoms with Crippen molar-refractivity contribution in [3.63, 3.8) is 0 Å². The normalized spacial score (nSPS) is 17.5. The molecule has 0 aliphatic carbocycles. The van der Waals surface area contributed by atoms with Crippen molar-refractivity contribution in [1.29, 1.82) is 0 Å². The van der Waals surface area contributed by atoms with Gasteiger partial charge in [0.05, 0.1) is 17.3 Å². The van der Waals surface area contributed by atoms with Crippen molar-refractivity contribution < 1.29 is 9.59 Å². The minimum Gasteiger partial charge on any atom is -0.340 e. The summed E-state index contributed by atoms with van der Waals surface area (Å²) in [5, 5.41) is 4.04. The molecule has 1 unspecified atom stereocenters. The lowest BCUT2D eigenvalue weighted by Crippen LogP contribution is -2.45. The predicted molar refractivity (Wildman–Crippen MR) is 144 cm³/mol. The Morgan fingerprint density at radius 2 is 1.89 bits per heavy atom. The highest BCUT2D eigenvalue weighted by Crippen LogP contribution is 2.40. The number of likely N-dealkylation sites (N-methyl/N-ethyl adjacent to an activating group) is 1. The number of carbonyl (C=O) groups excluding carboxylic acids is 2. The SMILES string of the molecule is CCN(CC)C(=O)C1=C(C)N=C2SCCCN2C1c1cccc(NC(=O)CCc2ccccc2)c1. The van der Waals surface area contributed by atoms with Crippen LogP contribution in [0.4, 0.5) is 5.69 Å². The van der Waals surface area contributed by atoms with E-state index in [1.54, 1.807) is 11.8 Å². The first-order valence-corrected chi connectivity index (χ1v) is 13.4. The van der Waals surface area contributed by atoms with E-state index in [4.69, 9.17) is 4.99 Å². The number of anilines is 1. The zero-order chi connectivity index (χ0) is 24.8. The van der Waals surface area contributed by atoms with Gasteiger partial charge < -0.3 is 15.1 Å². The minimum absolute atomic E-state index is 0.0170. The van der Waals surface area contributed by atoms with Crippen molar-refractivity contribution in [3.05, 3.63) is 77.0 Å². The third-order valence-corrected chi connectivity index (χ3v) is 7.59. The highest BCUT2D eigenvalue weighted by Gasteiger charge is 2.38. The highest BCUT2D eigenvalue weighted by atomic mass is 32.2. The number of benzene rings is 2. The third-order valence-electron chi connectivity index (χ3n) is 6.51. The van der Waals surface area contributed by atoms with Gasteiger partial charge >= 0.3 is 0 Å². The Labute approximate surface area is 212 Å². The Kier molecular flexibility index (Phi) is 8.29. The number of hydrogen-bond donors (Lipinski definition) is 1. The first kappa shape index (κ1) is 25.0. The number of hydrogen-bond acceptors (Lipinski definition) is 5. The minimum atomic E-state index is -0.218. The fourth-order valence-electron chi connectivity index (χ4n) is 4.68. The van der Waals surface area contributed by atoms with Gasteiger partial charge in [-0.2, -0.15) is 0 Å². The number of aryl methyl sites for hydroxylation is 1. The molecule has 0 aromatic heterocycles. The molecule has 2 heterocycles. The van der Waals surface area contributed by atoms with Crippen LogP contribution in [-0.4, -0.2) is 52.2 Å². The van der Waals surface area contributed by atoms with E-state index in [1.165, 1.54) is 0 Å². The Morgan fingerprint density at radius 1 is 1.11 bits per heavy atom. The molecule has 4 rings (SSSR count). The lowest BCUT2D eigenvalue weighted by molar-refractivity contribution is -0.127. The van der Waals surface area contributed by atoms with E-state index in [0.29, 0.717) is 25.9 Å². The van der Waals surface area contributed by atoms with Crippen LogP contribution in [0, 0.1) is 0 Å². The molecule has 6 nitrogen and oxygen atoms in total. The third kappa shape index (κ3) is 5.78. The number of nitrogens with zero attached hydrogens (tertiary/aromatic N) is 3. The van der Waals surface area contributed by atoms with Crippen molar-refractivity contribution >= 4 is 34.4 Å². The molecule has 0 radical (unpaired) electrons. The Hall–Kier alpha value is -3.06. The highest BCUT2D eigenvalue weighted by molar-refractivity contribution is 8.13. The van der Waals surface area contributed by atoms with Gasteiger partial charge in [0.25, 0.3) is 5.91 Å². The van der Waals surface area contributed by atoms with Crippen LogP contribution in [-0.2, 0) is 16.0 Å². The quantitative estimate of drug-likeness (QED) is 0.549. The second kappa shape index (κ2) is 11.6. The number of aliphatic imine (C=N–C) groups is 1. The molecule has 0 bridgehead atoms. The van der Waals surface area contributed by atoms with Gasteiger partial charge in [-0.25, -0.2) is 4.99 Å². The molecule has 0 saturated carbocycles. The maximum atomic E-state index is 13.6. The van der Waals surface area contributed by atoms with E-state index in [2.05, 4.69) is 16.3 Å². The summed E-state index contributed by atoms with van der Waals surface area (Å²) in [6.07, 6.45) is 2.16. The molecule has 184 valence electrons. The Balaban J connectivity index is 1.60. The first-order chi connectivity index (χ1) is 17.0. The van der Waals surface area contributed by atoms with Crippen LogP contribution in [0.5, 0.6) is 0 Å². The average Bonchev–Trinajstić information content (AvgIpc) is 2.88. The van der Waals surface area contributed by atoms with Crippen LogP contribution in [0.3, 0.4) is 0 Å². The van der Waals surface area contributed by atoms with E-state index in [1.807, 2.05) is 74.2 Å². The molecule has 1 saturated heterocycles. The number of amides is 2. The molecule has 2 aliphatic heterocycles. The van der Waals surface area contributed by atoms with Crippen LogP contribution in [0.2, 0.25) is 0 Å². The summed E-state index contributed by atoms with van der Waals surface area (Å²) < 4.78 is 0. The zero-order valence-electron chi connectivity index (χ0n) is 20.8. The molecule has 1 atom stereocenters. The summed E-state index contributed by atoms with van der Waals surface area (Å²) in [6.45, 7) is 8.12. The van der Waals surface area contributed by atoms with Gasteiger partial charge in [0, 0.05) is 37.5 Å². The Morgan fingerprint density at radius 3 is 2.63 bits per heavy atom. The number of rotatable bonds is 8. The fraction of sp³-hybridized carbons (Fsp3) is 0.393. The number of nitrogens with one attached hydrogen (secondary N) is 1. The summed E-state index contributed by atoms with van der Waals surface area (Å²) in [5.41, 5.74) is 4.41. The molecule has 1 N–H and O–H groups in total. The van der Waals surface area contributed by atoms with Crippen LogP contribution in [0.25, 0.3) is 0 Å². The zero-order valence-corrected chi connectivity index (χ0v) is 21.6. The Bertz CT molecular complexity index is 1120. The van der Waals surface area contributed by atoms with Crippen LogP contribution in [0.1, 0.15) is 50.8 Å². The number of carbonyl (C=O) groups is 2. The molecule has 1 fully saturated rings. The average molecular weight is 491 g/mol. The standard InChI is InChI=1S/C28H34N4O2S/c1-4-31(5-2)27(34)25-20(3)29-28-32(17-10-18-35-28)26(25)22-13-9-14-23(19-22)30-24(33)16-15-21-11-7-6-8-12-21/h6-9,11-14,19,26H,4-5,10,15-18H2,1-3H3,(H,30,33). The summed E-state index contributed by atoms with van der Waals surface area (Å²) >= 11 is 1.75. The van der Waals surface area contributed by atoms with Crippen molar-refractivity contribution in [2.45, 2.75) is 46.1 Å². The predicted octanol–water partition coefficient (Wildman–Crippen LogP) is 5.25. The van der Waals surface area contributed by atoms with E-state index in [9.17, 15) is 9.59 Å². The number of thioether (sulfide) groups is 1. The van der Waals surface area contributed by atoms with Crippen molar-refractivity contribution in [3.8, 4) is 0 Å². The summed E-state index contributed by atoms with van der Waals surface area (Å²) in [5.74, 6) is 1.05. The molecule has 2 aromatic carbocycles. The van der Waals surface area contributed by atoms with Gasteiger partial charge in [-0.3, -0.25) is 9.59 Å². The smallest absolute Gasteiger partial charge is 0.254 e. The van der Waals surface area contributed by atoms with Gasteiger partial charge in [0.15, 0.2) is 5.17 Å². The topological polar surface area (TPSA) is 65.0 Å². The molecular weight excluding hydrogens is 456 g/mol. The van der Waals surface area contributed by atoms with Gasteiger partial charge in [0.1, 0.15) is 0 Å². The van der Waals surface area contributed by atoms with Gasteiger partial charge in [-0.15, -0.1) is 0 Å². The number of fused-ring (bicyclic) bond motifs is 1. The second-order valence-electron chi connectivity index (χ2n) is 8.83. The molecule has 2 aliphatic rings. The van der Waals surface area contributed by atoms with Crippen LogP contribution < -0.4 is 5.32 Å². The summed E-state index contributed by atoms with van der Waals surface area (Å²) in [7, 11) is 0. The summed E-state index contributed by atoms with van der Waals surface area (Å²) in [4.78, 5) is 35.2. The number of allylic oxidation sites excluding steroid dienone is 1. The van der Waals surface area contributed by atoms with Gasteiger partial charge in [-0.05, 0) is 56.9 Å². The molecule has 2 aromatic rings. The van der Waals surface area contributed by atoms with Gasteiger partial charge in [-0.1, -0.05) is 54.2 Å². The van der Waals surface area contributed by atoms with Gasteiger partial charge in [0.2, 0.25) is 5.91 Å². The monoisotopic (exact) mass is 490 g/mol. The molecular formula is C28H34N4O2S. The van der Waals surface area contributed by atoms with Crippen molar-refractivity contribution in [2.75, 3.05) is 30.7 Å². The van der Waals surface area contributed by atoms with Crippen molar-refractivity contribution in [1.82, 2.24) is 9.80 Å². The maximum Gasteiger partial charge on any atom is 0.254 e. The van der Waals surface area contributed by atoms with E-state index in [0.717, 1.165) is 52.0 Å². The molecule has 0 spiro atoms. The molecule has 2 amide bonds. The second-order valence-corrected chi connectivity index (χ2v) is 9.89. The molecule has 7 heteroatoms. The largest absolute Gasteiger partial charge is 0.340 e. The lowest BCUT2D eigenvalue weighted by atomic mass is 9.92. The molecule has 35 heavy (non-hydrogen) atoms. The number of amidine groups is 1. The van der Waals surface area contributed by atoms with Crippen molar-refractivity contribution in [2.24, 2.45) is 4.99 Å². The van der Waals surface area contributed by atoms with Crippen LogP contribution in [0.15, 0.2) is 70.9 Å². The lowest BCUT2D eigenvalue weighted by Gasteiger charge is -2.41. The first-order valence-electron chi connectivity index (χ1n) is 12.4. The van der Waals surface area contributed by atoms with Crippen LogP contribution >= 0.6 is 11.8 Å². The van der Waals surface area contributed by atoms with E-state index < -0.39 is 0 Å².